The van der Waals surface area contributed by atoms with Gasteiger partial charge in [0.15, 0.2) is 0 Å². The number of rotatable bonds is 4. The predicted molar refractivity (Wildman–Crippen MR) is 75.3 cm³/mol. The molecule has 1 aliphatic carbocycles. The van der Waals surface area contributed by atoms with Crippen LogP contribution in [0.3, 0.4) is 0 Å². The largest absolute Gasteiger partial charge is 0.382 e. The SMILES string of the molecule is COCC(C)N=C(NN)N(C)C1CCC(C)CC1. The highest BCUT2D eigenvalue weighted by atomic mass is 16.5. The second-order valence-electron chi connectivity index (χ2n) is 5.43. The summed E-state index contributed by atoms with van der Waals surface area (Å²) in [4.78, 5) is 6.74. The molecule has 3 N–H and O–H groups in total. The van der Waals surface area contributed by atoms with E-state index >= 15 is 0 Å². The van der Waals surface area contributed by atoms with E-state index in [1.54, 1.807) is 7.11 Å². The second kappa shape index (κ2) is 7.59. The first-order chi connectivity index (χ1) is 8.58. The van der Waals surface area contributed by atoms with Gasteiger partial charge >= 0.3 is 0 Å². The van der Waals surface area contributed by atoms with Crippen LogP contribution in [0.2, 0.25) is 0 Å². The van der Waals surface area contributed by atoms with Gasteiger partial charge < -0.3 is 9.64 Å². The molecule has 1 atom stereocenters. The zero-order valence-corrected chi connectivity index (χ0v) is 12.1. The fourth-order valence-corrected chi connectivity index (χ4v) is 2.52. The summed E-state index contributed by atoms with van der Waals surface area (Å²) in [5.41, 5.74) is 2.72. The molecule has 1 aliphatic rings. The number of nitrogens with one attached hydrogen (secondary N) is 1. The third kappa shape index (κ3) is 4.46. The Morgan fingerprint density at radius 2 is 2.06 bits per heavy atom. The lowest BCUT2D eigenvalue weighted by Gasteiger charge is -2.35. The van der Waals surface area contributed by atoms with Crippen LogP contribution in [-0.2, 0) is 4.74 Å². The smallest absolute Gasteiger partial charge is 0.208 e. The van der Waals surface area contributed by atoms with E-state index in [0.717, 1.165) is 11.9 Å². The Labute approximate surface area is 111 Å². The summed E-state index contributed by atoms with van der Waals surface area (Å²) in [5, 5.41) is 0. The van der Waals surface area contributed by atoms with Gasteiger partial charge in [0.25, 0.3) is 0 Å². The maximum Gasteiger partial charge on any atom is 0.208 e. The Hall–Kier alpha value is -0.810. The molecular weight excluding hydrogens is 228 g/mol. The third-order valence-electron chi connectivity index (χ3n) is 3.75. The van der Waals surface area contributed by atoms with Gasteiger partial charge in [-0.15, -0.1) is 0 Å². The highest BCUT2D eigenvalue weighted by Gasteiger charge is 2.23. The topological polar surface area (TPSA) is 62.9 Å². The Balaban J connectivity index is 2.58. The molecule has 1 unspecified atom stereocenters. The van der Waals surface area contributed by atoms with E-state index in [1.165, 1.54) is 25.7 Å². The van der Waals surface area contributed by atoms with E-state index in [4.69, 9.17) is 10.6 Å². The fraction of sp³-hybridized carbons (Fsp3) is 0.923. The summed E-state index contributed by atoms with van der Waals surface area (Å²) < 4.78 is 5.09. The number of hydrazine groups is 1. The fourth-order valence-electron chi connectivity index (χ4n) is 2.52. The van der Waals surface area contributed by atoms with Gasteiger partial charge in [0, 0.05) is 20.2 Å². The van der Waals surface area contributed by atoms with E-state index in [2.05, 4.69) is 29.3 Å². The summed E-state index contributed by atoms with van der Waals surface area (Å²) in [6, 6.07) is 0.664. The van der Waals surface area contributed by atoms with Crippen molar-refractivity contribution in [2.45, 2.75) is 51.6 Å². The Kier molecular flexibility index (Phi) is 6.43. The molecule has 0 radical (unpaired) electrons. The van der Waals surface area contributed by atoms with Crippen LogP contribution in [-0.4, -0.2) is 43.7 Å². The molecular formula is C13H28N4O. The van der Waals surface area contributed by atoms with Gasteiger partial charge in [-0.3, -0.25) is 5.43 Å². The molecule has 0 bridgehead atoms. The number of aliphatic imine (C=N–C) groups is 1. The molecule has 1 saturated carbocycles. The number of methoxy groups -OCH3 is 1. The molecule has 0 saturated heterocycles. The normalized spacial score (nSPS) is 26.8. The first-order valence-electron chi connectivity index (χ1n) is 6.84. The van der Waals surface area contributed by atoms with Crippen LogP contribution in [0.4, 0.5) is 0 Å². The van der Waals surface area contributed by atoms with Gasteiger partial charge in [-0.2, -0.15) is 0 Å². The van der Waals surface area contributed by atoms with Crippen LogP contribution < -0.4 is 11.3 Å². The molecule has 0 aromatic rings. The van der Waals surface area contributed by atoms with Crippen LogP contribution in [0, 0.1) is 5.92 Å². The lowest BCUT2D eigenvalue weighted by molar-refractivity contribution is 0.184. The molecule has 0 aliphatic heterocycles. The summed E-state index contributed by atoms with van der Waals surface area (Å²) in [5.74, 6) is 7.21. The maximum atomic E-state index is 5.59. The molecule has 5 heteroatoms. The minimum atomic E-state index is 0.117. The minimum Gasteiger partial charge on any atom is -0.382 e. The van der Waals surface area contributed by atoms with E-state index in [9.17, 15) is 0 Å². The number of nitrogens with two attached hydrogens (primary N) is 1. The van der Waals surface area contributed by atoms with Crippen molar-refractivity contribution in [3.8, 4) is 0 Å². The van der Waals surface area contributed by atoms with Gasteiger partial charge in [0.05, 0.1) is 12.6 Å². The molecule has 0 amide bonds. The highest BCUT2D eigenvalue weighted by molar-refractivity contribution is 5.79. The van der Waals surface area contributed by atoms with Crippen molar-refractivity contribution in [1.29, 1.82) is 0 Å². The Morgan fingerprint density at radius 3 is 2.56 bits per heavy atom. The second-order valence-corrected chi connectivity index (χ2v) is 5.43. The zero-order valence-electron chi connectivity index (χ0n) is 12.1. The number of hydrogen-bond acceptors (Lipinski definition) is 3. The molecule has 106 valence electrons. The number of nitrogens with zero attached hydrogens (tertiary/aromatic N) is 2. The molecule has 18 heavy (non-hydrogen) atoms. The van der Waals surface area contributed by atoms with Crippen LogP contribution >= 0.6 is 0 Å². The van der Waals surface area contributed by atoms with Crippen LogP contribution in [0.5, 0.6) is 0 Å². The van der Waals surface area contributed by atoms with Crippen molar-refractivity contribution in [3.05, 3.63) is 0 Å². The van der Waals surface area contributed by atoms with Crippen molar-refractivity contribution in [1.82, 2.24) is 10.3 Å². The summed E-state index contributed by atoms with van der Waals surface area (Å²) >= 11 is 0. The third-order valence-corrected chi connectivity index (χ3v) is 3.75. The molecule has 0 spiro atoms. The number of ether oxygens (including phenoxy) is 1. The quantitative estimate of drug-likeness (QED) is 0.345. The van der Waals surface area contributed by atoms with Crippen molar-refractivity contribution in [2.75, 3.05) is 20.8 Å². The van der Waals surface area contributed by atoms with E-state index in [0.29, 0.717) is 12.6 Å². The molecule has 0 aromatic heterocycles. The first kappa shape index (κ1) is 15.2. The van der Waals surface area contributed by atoms with Crippen molar-refractivity contribution in [3.63, 3.8) is 0 Å². The number of guanidine groups is 1. The van der Waals surface area contributed by atoms with Gasteiger partial charge in [0.2, 0.25) is 5.96 Å². The highest BCUT2D eigenvalue weighted by Crippen LogP contribution is 2.26. The average molecular weight is 256 g/mol. The van der Waals surface area contributed by atoms with Crippen molar-refractivity contribution in [2.24, 2.45) is 16.8 Å². The van der Waals surface area contributed by atoms with E-state index < -0.39 is 0 Å². The van der Waals surface area contributed by atoms with Gasteiger partial charge in [-0.1, -0.05) is 6.92 Å². The Bertz CT molecular complexity index is 262. The molecule has 0 heterocycles. The summed E-state index contributed by atoms with van der Waals surface area (Å²) in [7, 11) is 3.76. The standard InChI is InChI=1S/C13H28N4O/c1-10-5-7-12(8-6-10)17(3)13(16-14)15-11(2)9-18-4/h10-12H,5-9,14H2,1-4H3,(H,15,16). The number of hydrogen-bond donors (Lipinski definition) is 2. The lowest BCUT2D eigenvalue weighted by atomic mass is 9.87. The predicted octanol–water partition coefficient (Wildman–Crippen LogP) is 1.35. The van der Waals surface area contributed by atoms with Gasteiger partial charge in [0.1, 0.15) is 0 Å². The average Bonchev–Trinajstić information content (AvgIpc) is 2.36. The van der Waals surface area contributed by atoms with Gasteiger partial charge in [-0.05, 0) is 38.5 Å². The van der Waals surface area contributed by atoms with Crippen LogP contribution in [0.1, 0.15) is 39.5 Å². The van der Waals surface area contributed by atoms with E-state index in [1.807, 2.05) is 6.92 Å². The first-order valence-corrected chi connectivity index (χ1v) is 6.84. The molecule has 5 nitrogen and oxygen atoms in total. The molecule has 0 aromatic carbocycles. The monoisotopic (exact) mass is 256 g/mol. The van der Waals surface area contributed by atoms with Crippen molar-refractivity contribution >= 4 is 5.96 Å². The Morgan fingerprint density at radius 1 is 1.44 bits per heavy atom. The van der Waals surface area contributed by atoms with Gasteiger partial charge in [-0.25, -0.2) is 10.8 Å². The molecule has 1 fully saturated rings. The maximum absolute atomic E-state index is 5.59. The van der Waals surface area contributed by atoms with Crippen molar-refractivity contribution < 1.29 is 4.74 Å². The summed E-state index contributed by atoms with van der Waals surface area (Å²) in [6.07, 6.45) is 5.02. The summed E-state index contributed by atoms with van der Waals surface area (Å²) in [6.45, 7) is 4.96. The zero-order chi connectivity index (χ0) is 13.5. The van der Waals surface area contributed by atoms with Crippen LogP contribution in [0.25, 0.3) is 0 Å². The minimum absolute atomic E-state index is 0.117. The van der Waals surface area contributed by atoms with Crippen LogP contribution in [0.15, 0.2) is 4.99 Å². The van der Waals surface area contributed by atoms with E-state index in [-0.39, 0.29) is 6.04 Å². The molecule has 1 rings (SSSR count). The lowest BCUT2D eigenvalue weighted by Crippen LogP contribution is -2.49.